The number of hydrogen-bond acceptors (Lipinski definition) is 6. The van der Waals surface area contributed by atoms with Crippen molar-refractivity contribution in [2.45, 2.75) is 25.8 Å². The Hall–Kier alpha value is -1.89. The van der Waals surface area contributed by atoms with Gasteiger partial charge in [-0.3, -0.25) is 10.1 Å². The Morgan fingerprint density at radius 3 is 2.79 bits per heavy atom. The fraction of sp³-hybridized carbons (Fsp3) is 0.583. The molecule has 0 bridgehead atoms. The predicted octanol–water partition coefficient (Wildman–Crippen LogP) is 1.80. The SMILES string of the molecule is CC(Nc1ccc([N+](=O)[O-])c(N)n1)C1CCOCC1. The molecular formula is C12H18N4O3. The van der Waals surface area contributed by atoms with E-state index in [4.69, 9.17) is 10.5 Å². The number of pyridine rings is 1. The molecule has 3 N–H and O–H groups in total. The van der Waals surface area contributed by atoms with E-state index in [0.717, 1.165) is 26.1 Å². The quantitative estimate of drug-likeness (QED) is 0.636. The molecule has 0 spiro atoms. The summed E-state index contributed by atoms with van der Waals surface area (Å²) in [5.41, 5.74) is 5.40. The first-order valence-corrected chi connectivity index (χ1v) is 6.33. The first-order valence-electron chi connectivity index (χ1n) is 6.33. The number of aromatic nitrogens is 1. The van der Waals surface area contributed by atoms with E-state index in [9.17, 15) is 10.1 Å². The van der Waals surface area contributed by atoms with Crippen LogP contribution in [0, 0.1) is 16.0 Å². The lowest BCUT2D eigenvalue weighted by atomic mass is 9.93. The van der Waals surface area contributed by atoms with E-state index in [-0.39, 0.29) is 17.5 Å². The second-order valence-electron chi connectivity index (χ2n) is 4.74. The van der Waals surface area contributed by atoms with Crippen molar-refractivity contribution in [2.75, 3.05) is 24.3 Å². The molecule has 1 aliphatic rings. The summed E-state index contributed by atoms with van der Waals surface area (Å²) < 4.78 is 5.32. The van der Waals surface area contributed by atoms with Crippen LogP contribution in [0.4, 0.5) is 17.3 Å². The average molecular weight is 266 g/mol. The zero-order valence-electron chi connectivity index (χ0n) is 10.8. The minimum atomic E-state index is -0.534. The van der Waals surface area contributed by atoms with Crippen LogP contribution in [0.25, 0.3) is 0 Å². The van der Waals surface area contributed by atoms with Crippen LogP contribution in [0.2, 0.25) is 0 Å². The average Bonchev–Trinajstić information content (AvgIpc) is 2.39. The minimum absolute atomic E-state index is 0.0609. The molecule has 1 atom stereocenters. The molecule has 7 nitrogen and oxygen atoms in total. The number of nitro groups is 1. The maximum absolute atomic E-state index is 10.7. The van der Waals surface area contributed by atoms with Crippen molar-refractivity contribution < 1.29 is 9.66 Å². The maximum Gasteiger partial charge on any atom is 0.311 e. The second-order valence-corrected chi connectivity index (χ2v) is 4.74. The fourth-order valence-corrected chi connectivity index (χ4v) is 2.27. The summed E-state index contributed by atoms with van der Waals surface area (Å²) in [6.45, 7) is 3.65. The zero-order valence-corrected chi connectivity index (χ0v) is 10.8. The topological polar surface area (TPSA) is 103 Å². The lowest BCUT2D eigenvalue weighted by Crippen LogP contribution is -2.31. The summed E-state index contributed by atoms with van der Waals surface area (Å²) in [6, 6.07) is 3.20. The van der Waals surface area contributed by atoms with Gasteiger partial charge < -0.3 is 15.8 Å². The summed E-state index contributed by atoms with van der Waals surface area (Å²) >= 11 is 0. The number of rotatable bonds is 4. The molecule has 0 radical (unpaired) electrons. The number of anilines is 2. The van der Waals surface area contributed by atoms with Crippen LogP contribution in [0.1, 0.15) is 19.8 Å². The third-order valence-corrected chi connectivity index (χ3v) is 3.45. The Balaban J connectivity index is 2.02. The Bertz CT molecular complexity index is 460. The van der Waals surface area contributed by atoms with Crippen molar-refractivity contribution >= 4 is 17.3 Å². The first-order chi connectivity index (χ1) is 9.08. The molecule has 0 amide bonds. The molecule has 7 heteroatoms. The molecule has 0 aliphatic carbocycles. The highest BCUT2D eigenvalue weighted by atomic mass is 16.6. The largest absolute Gasteiger partial charge is 0.381 e. The number of hydrogen-bond donors (Lipinski definition) is 2. The van der Waals surface area contributed by atoms with Gasteiger partial charge in [0.25, 0.3) is 0 Å². The molecular weight excluding hydrogens is 248 g/mol. The predicted molar refractivity (Wildman–Crippen MR) is 71.9 cm³/mol. The van der Waals surface area contributed by atoms with E-state index >= 15 is 0 Å². The van der Waals surface area contributed by atoms with Crippen LogP contribution in [0.3, 0.4) is 0 Å². The summed E-state index contributed by atoms with van der Waals surface area (Å²) in [5.74, 6) is 1.03. The van der Waals surface area contributed by atoms with Crippen molar-refractivity contribution in [3.8, 4) is 0 Å². The standard InChI is InChI=1S/C12H18N4O3/c1-8(9-4-6-19-7-5-9)14-11-3-2-10(16(17)18)12(13)15-11/h2-3,8-9H,4-7H2,1H3,(H3,13,14,15). The summed E-state index contributed by atoms with van der Waals surface area (Å²) in [5, 5.41) is 13.9. The van der Waals surface area contributed by atoms with E-state index in [1.54, 1.807) is 6.07 Å². The third kappa shape index (κ3) is 3.31. The summed E-state index contributed by atoms with van der Waals surface area (Å²) in [4.78, 5) is 14.1. The highest BCUT2D eigenvalue weighted by Gasteiger charge is 2.21. The Morgan fingerprint density at radius 2 is 2.21 bits per heavy atom. The van der Waals surface area contributed by atoms with Crippen molar-refractivity contribution in [3.05, 3.63) is 22.2 Å². The molecule has 1 aromatic heterocycles. The number of nitrogen functional groups attached to an aromatic ring is 1. The van der Waals surface area contributed by atoms with E-state index in [2.05, 4.69) is 17.2 Å². The van der Waals surface area contributed by atoms with E-state index in [1.165, 1.54) is 6.07 Å². The van der Waals surface area contributed by atoms with Gasteiger partial charge in [-0.2, -0.15) is 0 Å². The zero-order chi connectivity index (χ0) is 13.8. The summed E-state index contributed by atoms with van der Waals surface area (Å²) in [7, 11) is 0. The van der Waals surface area contributed by atoms with Crippen molar-refractivity contribution in [1.82, 2.24) is 4.98 Å². The van der Waals surface area contributed by atoms with Crippen LogP contribution < -0.4 is 11.1 Å². The van der Waals surface area contributed by atoms with Crippen molar-refractivity contribution in [2.24, 2.45) is 5.92 Å². The Labute approximate surface area is 111 Å². The van der Waals surface area contributed by atoms with Crippen molar-refractivity contribution in [1.29, 1.82) is 0 Å². The van der Waals surface area contributed by atoms with Gasteiger partial charge in [-0.1, -0.05) is 0 Å². The normalized spacial score (nSPS) is 17.9. The summed E-state index contributed by atoms with van der Waals surface area (Å²) in [6.07, 6.45) is 2.02. The van der Waals surface area contributed by atoms with E-state index < -0.39 is 4.92 Å². The van der Waals surface area contributed by atoms with Gasteiger partial charge in [-0.25, -0.2) is 4.98 Å². The van der Waals surface area contributed by atoms with Crippen LogP contribution in [-0.4, -0.2) is 29.2 Å². The number of nitrogens with one attached hydrogen (secondary N) is 1. The maximum atomic E-state index is 10.7. The highest BCUT2D eigenvalue weighted by Crippen LogP contribution is 2.24. The molecule has 1 aliphatic heterocycles. The van der Waals surface area contributed by atoms with Gasteiger partial charge in [-0.05, 0) is 31.7 Å². The van der Waals surface area contributed by atoms with Gasteiger partial charge in [-0.15, -0.1) is 0 Å². The lowest BCUT2D eigenvalue weighted by molar-refractivity contribution is -0.384. The Morgan fingerprint density at radius 1 is 1.53 bits per heavy atom. The van der Waals surface area contributed by atoms with Gasteiger partial charge in [0.05, 0.1) is 4.92 Å². The molecule has 2 rings (SSSR count). The molecule has 1 unspecified atom stereocenters. The molecule has 104 valence electrons. The van der Waals surface area contributed by atoms with Crippen LogP contribution in [0.15, 0.2) is 12.1 Å². The lowest BCUT2D eigenvalue weighted by Gasteiger charge is -2.28. The molecule has 1 aromatic rings. The fourth-order valence-electron chi connectivity index (χ4n) is 2.27. The molecule has 1 fully saturated rings. The van der Waals surface area contributed by atoms with Crippen LogP contribution >= 0.6 is 0 Å². The van der Waals surface area contributed by atoms with E-state index in [0.29, 0.717) is 11.7 Å². The van der Waals surface area contributed by atoms with Crippen LogP contribution in [-0.2, 0) is 4.74 Å². The number of ether oxygens (including phenoxy) is 1. The van der Waals surface area contributed by atoms with E-state index in [1.807, 2.05) is 0 Å². The first kappa shape index (κ1) is 13.5. The number of nitrogens with zero attached hydrogens (tertiary/aromatic N) is 2. The van der Waals surface area contributed by atoms with Crippen molar-refractivity contribution in [3.63, 3.8) is 0 Å². The van der Waals surface area contributed by atoms with Crippen LogP contribution in [0.5, 0.6) is 0 Å². The highest BCUT2D eigenvalue weighted by molar-refractivity contribution is 5.57. The molecule has 0 aromatic carbocycles. The third-order valence-electron chi connectivity index (χ3n) is 3.45. The molecule has 0 saturated carbocycles. The molecule has 1 saturated heterocycles. The Kier molecular flexibility index (Phi) is 4.16. The number of nitrogens with two attached hydrogens (primary N) is 1. The van der Waals surface area contributed by atoms with Gasteiger partial charge in [0, 0.05) is 25.3 Å². The van der Waals surface area contributed by atoms with Gasteiger partial charge in [0.2, 0.25) is 5.82 Å². The molecule has 2 heterocycles. The second kappa shape index (κ2) is 5.83. The van der Waals surface area contributed by atoms with Gasteiger partial charge in [0.1, 0.15) is 5.82 Å². The minimum Gasteiger partial charge on any atom is -0.381 e. The van der Waals surface area contributed by atoms with Gasteiger partial charge in [0.15, 0.2) is 0 Å². The molecule has 19 heavy (non-hydrogen) atoms. The monoisotopic (exact) mass is 266 g/mol. The smallest absolute Gasteiger partial charge is 0.311 e. The van der Waals surface area contributed by atoms with Gasteiger partial charge >= 0.3 is 5.69 Å².